The number of hydrogen-bond acceptors (Lipinski definition) is 6. The maximum absolute atomic E-state index is 12.8. The van der Waals surface area contributed by atoms with E-state index < -0.39 is 0 Å². The Kier molecular flexibility index (Phi) is 3.46. The van der Waals surface area contributed by atoms with Gasteiger partial charge in [0, 0.05) is 36.1 Å². The van der Waals surface area contributed by atoms with Crippen molar-refractivity contribution in [2.45, 2.75) is 13.3 Å². The van der Waals surface area contributed by atoms with Crippen molar-refractivity contribution in [3.05, 3.63) is 52.5 Å². The maximum atomic E-state index is 12.8. The van der Waals surface area contributed by atoms with Crippen molar-refractivity contribution >= 4 is 22.8 Å². The Morgan fingerprint density at radius 2 is 2.21 bits per heavy atom. The summed E-state index contributed by atoms with van der Waals surface area (Å²) in [6, 6.07) is 3.75. The van der Waals surface area contributed by atoms with E-state index in [1.54, 1.807) is 15.4 Å². The molecule has 0 aromatic carbocycles. The molecule has 0 amide bonds. The second kappa shape index (κ2) is 5.64. The van der Waals surface area contributed by atoms with Crippen LogP contribution in [0.1, 0.15) is 21.1 Å². The van der Waals surface area contributed by atoms with Crippen LogP contribution in [0.5, 0.6) is 0 Å². The van der Waals surface area contributed by atoms with E-state index in [4.69, 9.17) is 0 Å². The lowest BCUT2D eigenvalue weighted by molar-refractivity contribution is 0.0994. The summed E-state index contributed by atoms with van der Waals surface area (Å²) in [4.78, 5) is 21.4. The van der Waals surface area contributed by atoms with Gasteiger partial charge in [0.25, 0.3) is 0 Å². The third kappa shape index (κ3) is 2.50. The molecule has 4 rings (SSSR count). The zero-order valence-electron chi connectivity index (χ0n) is 13.2. The summed E-state index contributed by atoms with van der Waals surface area (Å²) in [6.07, 6.45) is 5.28. The maximum Gasteiger partial charge on any atom is 0.173 e. The Balaban J connectivity index is 1.80. The van der Waals surface area contributed by atoms with Crippen LogP contribution in [0.3, 0.4) is 0 Å². The number of nitrogens with zero attached hydrogens (tertiary/aromatic N) is 6. The van der Waals surface area contributed by atoms with Gasteiger partial charge in [0.1, 0.15) is 11.3 Å². The van der Waals surface area contributed by atoms with Crippen molar-refractivity contribution in [3.8, 4) is 11.3 Å². The summed E-state index contributed by atoms with van der Waals surface area (Å²) in [5.74, 6) is -0.0219. The molecule has 7 nitrogen and oxygen atoms in total. The molecule has 8 heteroatoms. The number of pyridine rings is 1. The zero-order chi connectivity index (χ0) is 16.7. The number of carbonyl (C=O) groups is 1. The second-order valence-corrected chi connectivity index (χ2v) is 6.44. The minimum Gasteiger partial charge on any atom is -0.294 e. The Labute approximate surface area is 141 Å². The number of carbonyl (C=O) groups excluding carboxylic acids is 1. The largest absolute Gasteiger partial charge is 0.294 e. The number of ketones is 1. The molecule has 24 heavy (non-hydrogen) atoms. The molecule has 0 unspecified atom stereocenters. The normalized spacial score (nSPS) is 11.2. The van der Waals surface area contributed by atoms with Crippen LogP contribution < -0.4 is 0 Å². The van der Waals surface area contributed by atoms with E-state index >= 15 is 0 Å². The SMILES string of the molecule is Cc1csc(CC(=O)c2cc(-c3ccnn3C)cn3ncnc23)n1. The summed E-state index contributed by atoms with van der Waals surface area (Å²) in [5.41, 5.74) is 3.80. The summed E-state index contributed by atoms with van der Waals surface area (Å²) in [7, 11) is 1.86. The number of aryl methyl sites for hydroxylation is 2. The average molecular weight is 338 g/mol. The van der Waals surface area contributed by atoms with Gasteiger partial charge in [0.2, 0.25) is 0 Å². The smallest absolute Gasteiger partial charge is 0.173 e. The van der Waals surface area contributed by atoms with Crippen LogP contribution >= 0.6 is 11.3 Å². The van der Waals surface area contributed by atoms with E-state index in [1.165, 1.54) is 17.7 Å². The fraction of sp³-hybridized carbons (Fsp3) is 0.188. The number of hydrogen-bond donors (Lipinski definition) is 0. The first kappa shape index (κ1) is 14.7. The third-order valence-corrected chi connectivity index (χ3v) is 4.74. The molecule has 4 aromatic heterocycles. The monoisotopic (exact) mass is 338 g/mol. The Morgan fingerprint density at radius 3 is 2.92 bits per heavy atom. The number of thiazole rings is 1. The van der Waals surface area contributed by atoms with Crippen LogP contribution in [-0.2, 0) is 13.5 Å². The van der Waals surface area contributed by atoms with Gasteiger partial charge in [-0.15, -0.1) is 11.3 Å². The highest BCUT2D eigenvalue weighted by Crippen LogP contribution is 2.23. The molecule has 0 saturated carbocycles. The van der Waals surface area contributed by atoms with Gasteiger partial charge in [-0.1, -0.05) is 0 Å². The van der Waals surface area contributed by atoms with Crippen molar-refractivity contribution in [1.29, 1.82) is 0 Å². The van der Waals surface area contributed by atoms with Gasteiger partial charge < -0.3 is 0 Å². The molecule has 0 atom stereocenters. The molecule has 0 N–H and O–H groups in total. The molecule has 0 fully saturated rings. The summed E-state index contributed by atoms with van der Waals surface area (Å²) < 4.78 is 3.39. The van der Waals surface area contributed by atoms with Crippen LogP contribution in [0.4, 0.5) is 0 Å². The molecule has 0 spiro atoms. The first-order valence-corrected chi connectivity index (χ1v) is 8.26. The van der Waals surface area contributed by atoms with Crippen molar-refractivity contribution in [2.75, 3.05) is 0 Å². The van der Waals surface area contributed by atoms with Gasteiger partial charge in [0.15, 0.2) is 11.4 Å². The molecular formula is C16H14N6OS. The molecule has 0 bridgehead atoms. The van der Waals surface area contributed by atoms with Gasteiger partial charge in [-0.25, -0.2) is 14.5 Å². The van der Waals surface area contributed by atoms with Gasteiger partial charge in [0.05, 0.1) is 17.7 Å². The Morgan fingerprint density at radius 1 is 1.33 bits per heavy atom. The lowest BCUT2D eigenvalue weighted by Gasteiger charge is -2.07. The first-order chi connectivity index (χ1) is 11.6. The van der Waals surface area contributed by atoms with Crippen molar-refractivity contribution in [2.24, 2.45) is 7.05 Å². The minimum atomic E-state index is -0.0219. The van der Waals surface area contributed by atoms with Gasteiger partial charge in [-0.3, -0.25) is 9.48 Å². The van der Waals surface area contributed by atoms with E-state index in [1.807, 2.05) is 37.7 Å². The van der Waals surface area contributed by atoms with Gasteiger partial charge >= 0.3 is 0 Å². The molecule has 4 heterocycles. The molecule has 0 aliphatic carbocycles. The third-order valence-electron chi connectivity index (χ3n) is 3.77. The predicted octanol–water partition coefficient (Wildman–Crippen LogP) is 2.32. The van der Waals surface area contributed by atoms with E-state index in [-0.39, 0.29) is 12.2 Å². The molecule has 0 aliphatic heterocycles. The van der Waals surface area contributed by atoms with Crippen molar-refractivity contribution < 1.29 is 4.79 Å². The van der Waals surface area contributed by atoms with Crippen LogP contribution in [0.15, 0.2) is 36.2 Å². The topological polar surface area (TPSA) is 78.0 Å². The second-order valence-electron chi connectivity index (χ2n) is 5.49. The summed E-state index contributed by atoms with van der Waals surface area (Å²) >= 11 is 1.50. The molecule has 4 aromatic rings. The summed E-state index contributed by atoms with van der Waals surface area (Å²) in [6.45, 7) is 1.92. The quantitative estimate of drug-likeness (QED) is 0.534. The lowest BCUT2D eigenvalue weighted by atomic mass is 10.1. The van der Waals surface area contributed by atoms with Gasteiger partial charge in [-0.2, -0.15) is 10.2 Å². The predicted molar refractivity (Wildman–Crippen MR) is 90.1 cm³/mol. The lowest BCUT2D eigenvalue weighted by Crippen LogP contribution is -2.08. The molecular weight excluding hydrogens is 324 g/mol. The van der Waals surface area contributed by atoms with E-state index in [2.05, 4.69) is 20.2 Å². The van der Waals surface area contributed by atoms with E-state index in [0.29, 0.717) is 11.2 Å². The number of rotatable bonds is 4. The van der Waals surface area contributed by atoms with Crippen LogP contribution in [0, 0.1) is 6.92 Å². The Hall–Kier alpha value is -2.87. The molecule has 120 valence electrons. The fourth-order valence-corrected chi connectivity index (χ4v) is 3.42. The van der Waals surface area contributed by atoms with E-state index in [9.17, 15) is 4.79 Å². The highest BCUT2D eigenvalue weighted by Gasteiger charge is 2.17. The molecule has 0 radical (unpaired) electrons. The summed E-state index contributed by atoms with van der Waals surface area (Å²) in [5, 5.41) is 11.1. The highest BCUT2D eigenvalue weighted by molar-refractivity contribution is 7.09. The standard InChI is InChI=1S/C16H14N6OS/c1-10-8-24-15(20-10)6-14(23)12-5-11(13-3-4-18-21(13)2)7-22-16(12)17-9-19-22/h3-5,7-9H,6H2,1-2H3. The fourth-order valence-electron chi connectivity index (χ4n) is 2.65. The highest BCUT2D eigenvalue weighted by atomic mass is 32.1. The number of Topliss-reactive ketones (excluding diaryl/α,β-unsaturated/α-hetero) is 1. The number of fused-ring (bicyclic) bond motifs is 1. The number of aromatic nitrogens is 6. The van der Waals surface area contributed by atoms with Crippen LogP contribution in [-0.4, -0.2) is 35.1 Å². The van der Waals surface area contributed by atoms with E-state index in [0.717, 1.165) is 22.0 Å². The average Bonchev–Trinajstić information content (AvgIpc) is 3.27. The molecule has 0 saturated heterocycles. The van der Waals surface area contributed by atoms with Crippen LogP contribution in [0.2, 0.25) is 0 Å². The molecule has 0 aliphatic rings. The van der Waals surface area contributed by atoms with Crippen molar-refractivity contribution in [1.82, 2.24) is 29.4 Å². The van der Waals surface area contributed by atoms with Crippen molar-refractivity contribution in [3.63, 3.8) is 0 Å². The van der Waals surface area contributed by atoms with Crippen LogP contribution in [0.25, 0.3) is 16.9 Å². The minimum absolute atomic E-state index is 0.0219. The zero-order valence-corrected chi connectivity index (χ0v) is 14.0. The first-order valence-electron chi connectivity index (χ1n) is 7.38. The van der Waals surface area contributed by atoms with Gasteiger partial charge in [-0.05, 0) is 19.1 Å². The Bertz CT molecular complexity index is 1040.